The maximum Gasteiger partial charge on any atom is 0.249 e. The Bertz CT molecular complexity index is 926. The Kier molecular flexibility index (Phi) is 3.82. The van der Waals surface area contributed by atoms with Crippen molar-refractivity contribution in [1.82, 2.24) is 14.7 Å². The lowest BCUT2D eigenvalue weighted by atomic mass is 10.2. The minimum Gasteiger partial charge on any atom is -0.315 e. The molecule has 1 N–H and O–H groups in total. The van der Waals surface area contributed by atoms with E-state index in [2.05, 4.69) is 12.2 Å². The normalized spacial score (nSPS) is 26.3. The summed E-state index contributed by atoms with van der Waals surface area (Å²) in [5.41, 5.74) is 3.13. The summed E-state index contributed by atoms with van der Waals surface area (Å²) >= 11 is 1.72. The highest BCUT2D eigenvalue weighted by atomic mass is 32.2. The van der Waals surface area contributed by atoms with Crippen LogP contribution in [0.4, 0.5) is 5.82 Å². The number of thioether (sulfide) groups is 1. The maximum absolute atomic E-state index is 13.2. The number of hydrogen-bond donors (Lipinski definition) is 1. The molecule has 2 atom stereocenters. The molecule has 0 saturated carbocycles. The van der Waals surface area contributed by atoms with Gasteiger partial charge < -0.3 is 10.2 Å². The van der Waals surface area contributed by atoms with Gasteiger partial charge in [-0.25, -0.2) is 4.68 Å². The van der Waals surface area contributed by atoms with Gasteiger partial charge in [-0.1, -0.05) is 18.2 Å². The lowest BCUT2D eigenvalue weighted by Gasteiger charge is -2.30. The Hall–Kier alpha value is -2.28. The molecule has 0 spiro atoms. The zero-order valence-electron chi connectivity index (χ0n) is 15.3. The largest absolute Gasteiger partial charge is 0.315 e. The lowest BCUT2D eigenvalue weighted by molar-refractivity contribution is -0.135. The molecule has 1 aromatic carbocycles. The Balaban J connectivity index is 1.48. The molecule has 7 heteroatoms. The summed E-state index contributed by atoms with van der Waals surface area (Å²) in [6.45, 7) is 2.07. The first kappa shape index (κ1) is 16.9. The minimum absolute atomic E-state index is 0.0874. The molecule has 2 amide bonds. The van der Waals surface area contributed by atoms with Crippen LogP contribution in [-0.4, -0.2) is 43.2 Å². The summed E-state index contributed by atoms with van der Waals surface area (Å²) in [6.07, 6.45) is 4.29. The Morgan fingerprint density at radius 1 is 1.26 bits per heavy atom. The molecule has 3 heterocycles. The van der Waals surface area contributed by atoms with Crippen LogP contribution in [0.15, 0.2) is 30.3 Å². The predicted octanol–water partition coefficient (Wildman–Crippen LogP) is 2.75. The third kappa shape index (κ3) is 2.59. The molecule has 140 valence electrons. The van der Waals surface area contributed by atoms with Crippen LogP contribution in [0.25, 0.3) is 5.69 Å². The summed E-state index contributed by atoms with van der Waals surface area (Å²) in [7, 11) is 0. The van der Waals surface area contributed by atoms with Gasteiger partial charge in [0.05, 0.1) is 16.3 Å². The van der Waals surface area contributed by atoms with E-state index in [9.17, 15) is 9.59 Å². The average molecular weight is 382 g/mol. The van der Waals surface area contributed by atoms with Crippen LogP contribution in [-0.2, 0) is 22.4 Å². The van der Waals surface area contributed by atoms with E-state index >= 15 is 0 Å². The molecule has 1 aliphatic carbocycles. The number of carbonyl (C=O) groups is 2. The topological polar surface area (TPSA) is 67.2 Å². The quantitative estimate of drug-likeness (QED) is 0.886. The molecule has 6 nitrogen and oxygen atoms in total. The van der Waals surface area contributed by atoms with E-state index in [0.29, 0.717) is 12.2 Å². The lowest BCUT2D eigenvalue weighted by Crippen LogP contribution is -2.48. The maximum atomic E-state index is 13.2. The van der Waals surface area contributed by atoms with E-state index in [1.54, 1.807) is 16.7 Å². The van der Waals surface area contributed by atoms with E-state index < -0.39 is 6.04 Å². The van der Waals surface area contributed by atoms with Crippen LogP contribution in [0.1, 0.15) is 37.4 Å². The molecule has 3 aliphatic rings. The fourth-order valence-corrected chi connectivity index (χ4v) is 5.92. The van der Waals surface area contributed by atoms with Crippen molar-refractivity contribution in [2.75, 3.05) is 11.1 Å². The molecule has 1 aromatic heterocycles. The summed E-state index contributed by atoms with van der Waals surface area (Å²) in [6, 6.07) is 9.47. The Morgan fingerprint density at radius 3 is 2.89 bits per heavy atom. The minimum atomic E-state index is -0.411. The number of hydrogen-bond acceptors (Lipinski definition) is 4. The van der Waals surface area contributed by atoms with E-state index in [1.165, 1.54) is 0 Å². The first-order valence-electron chi connectivity index (χ1n) is 9.50. The van der Waals surface area contributed by atoms with Gasteiger partial charge in [-0.3, -0.25) is 9.59 Å². The number of fused-ring (bicyclic) bond motifs is 2. The number of benzene rings is 1. The van der Waals surface area contributed by atoms with E-state index in [4.69, 9.17) is 5.10 Å². The predicted molar refractivity (Wildman–Crippen MR) is 105 cm³/mol. The second kappa shape index (κ2) is 6.12. The van der Waals surface area contributed by atoms with Gasteiger partial charge >= 0.3 is 0 Å². The first-order chi connectivity index (χ1) is 13.1. The van der Waals surface area contributed by atoms with Crippen molar-refractivity contribution in [1.29, 1.82) is 0 Å². The molecular weight excluding hydrogens is 360 g/mol. The van der Waals surface area contributed by atoms with Crippen molar-refractivity contribution in [3.05, 3.63) is 41.6 Å². The van der Waals surface area contributed by atoms with Gasteiger partial charge in [-0.05, 0) is 44.7 Å². The van der Waals surface area contributed by atoms with Crippen molar-refractivity contribution in [2.45, 2.75) is 49.9 Å². The van der Waals surface area contributed by atoms with Crippen LogP contribution >= 0.6 is 11.8 Å². The van der Waals surface area contributed by atoms with Gasteiger partial charge in [0.1, 0.15) is 11.9 Å². The van der Waals surface area contributed by atoms with Crippen LogP contribution < -0.4 is 5.32 Å². The van der Waals surface area contributed by atoms with Gasteiger partial charge in [0.2, 0.25) is 11.8 Å². The van der Waals surface area contributed by atoms with E-state index in [0.717, 1.165) is 48.4 Å². The zero-order chi connectivity index (χ0) is 18.6. The number of para-hydroxylation sites is 1. The molecule has 27 heavy (non-hydrogen) atoms. The van der Waals surface area contributed by atoms with Crippen molar-refractivity contribution in [2.24, 2.45) is 0 Å². The number of amides is 2. The summed E-state index contributed by atoms with van der Waals surface area (Å²) in [5.74, 6) is 1.40. The molecule has 2 fully saturated rings. The van der Waals surface area contributed by atoms with Crippen molar-refractivity contribution < 1.29 is 9.59 Å². The molecule has 2 saturated heterocycles. The smallest absolute Gasteiger partial charge is 0.249 e. The number of rotatable bonds is 3. The van der Waals surface area contributed by atoms with Gasteiger partial charge in [-0.15, -0.1) is 11.8 Å². The third-order valence-corrected chi connectivity index (χ3v) is 7.40. The molecular formula is C20H22N4O2S. The molecule has 2 aliphatic heterocycles. The number of nitrogens with one attached hydrogen (secondary N) is 1. The van der Waals surface area contributed by atoms with Gasteiger partial charge in [0, 0.05) is 17.7 Å². The first-order valence-corrected chi connectivity index (χ1v) is 10.5. The second-order valence-corrected chi connectivity index (χ2v) is 9.13. The average Bonchev–Trinajstić information content (AvgIpc) is 3.39. The highest BCUT2D eigenvalue weighted by Crippen LogP contribution is 2.47. The molecule has 5 rings (SSSR count). The SMILES string of the molecule is C[C@]12CCC(=O)N1[C@@H](C(=O)Nc1c3c(nn1-c1ccccc1)CCC3)CS2. The van der Waals surface area contributed by atoms with Gasteiger partial charge in [0.15, 0.2) is 0 Å². The van der Waals surface area contributed by atoms with Crippen LogP contribution in [0.3, 0.4) is 0 Å². The number of anilines is 1. The van der Waals surface area contributed by atoms with Gasteiger partial charge in [-0.2, -0.15) is 5.10 Å². The van der Waals surface area contributed by atoms with Crippen molar-refractivity contribution in [3.8, 4) is 5.69 Å². The summed E-state index contributed by atoms with van der Waals surface area (Å²) in [4.78, 5) is 27.1. The van der Waals surface area contributed by atoms with Crippen molar-refractivity contribution >= 4 is 29.4 Å². The van der Waals surface area contributed by atoms with Crippen LogP contribution in [0.2, 0.25) is 0 Å². The fourth-order valence-electron chi connectivity index (χ4n) is 4.49. The number of aromatic nitrogens is 2. The standard InChI is InChI=1S/C20H22N4O2S/c1-20-11-10-17(25)23(20)16(12-27-20)19(26)21-18-14-8-5-9-15(14)22-24(18)13-6-3-2-4-7-13/h2-4,6-7,16H,5,8-12H2,1H3,(H,21,26)/t16-,20+/m1/s1. The summed E-state index contributed by atoms with van der Waals surface area (Å²) < 4.78 is 1.84. The summed E-state index contributed by atoms with van der Waals surface area (Å²) in [5, 5.41) is 7.89. The van der Waals surface area contributed by atoms with Crippen molar-refractivity contribution in [3.63, 3.8) is 0 Å². The van der Waals surface area contributed by atoms with Crippen LogP contribution in [0.5, 0.6) is 0 Å². The number of carbonyl (C=O) groups excluding carboxylic acids is 2. The number of nitrogens with zero attached hydrogens (tertiary/aromatic N) is 3. The Morgan fingerprint density at radius 2 is 2.07 bits per heavy atom. The highest BCUT2D eigenvalue weighted by Gasteiger charge is 2.53. The fraction of sp³-hybridized carbons (Fsp3) is 0.450. The molecule has 0 radical (unpaired) electrons. The van der Waals surface area contributed by atoms with Gasteiger partial charge in [0.25, 0.3) is 0 Å². The second-order valence-electron chi connectivity index (χ2n) is 7.63. The zero-order valence-corrected chi connectivity index (χ0v) is 16.1. The molecule has 2 aromatic rings. The Labute approximate surface area is 162 Å². The van der Waals surface area contributed by atoms with Crippen LogP contribution in [0, 0.1) is 0 Å². The number of aryl methyl sites for hydroxylation is 1. The molecule has 0 bridgehead atoms. The molecule has 0 unspecified atom stereocenters. The monoisotopic (exact) mass is 382 g/mol. The van der Waals surface area contributed by atoms with E-state index in [-0.39, 0.29) is 16.7 Å². The highest BCUT2D eigenvalue weighted by molar-refractivity contribution is 8.01. The third-order valence-electron chi connectivity index (χ3n) is 5.90. The van der Waals surface area contributed by atoms with E-state index in [1.807, 2.05) is 35.0 Å².